The lowest BCUT2D eigenvalue weighted by Crippen LogP contribution is -2.20. The number of hydrogen-bond acceptors (Lipinski definition) is 4. The summed E-state index contributed by atoms with van der Waals surface area (Å²) in [4.78, 5) is 19.7. The van der Waals surface area contributed by atoms with Crippen LogP contribution >= 0.6 is 0 Å². The number of aromatic nitrogens is 1. The van der Waals surface area contributed by atoms with E-state index < -0.39 is 5.91 Å². The number of nitrogens with one attached hydrogen (secondary N) is 1. The minimum atomic E-state index is -0.441. The van der Waals surface area contributed by atoms with Gasteiger partial charge in [0.05, 0.1) is 5.70 Å². The highest BCUT2D eigenvalue weighted by molar-refractivity contribution is 6.04. The fraction of sp³-hybridized carbons (Fsp3) is 0.118. The quantitative estimate of drug-likeness (QED) is 0.656. The Balaban J connectivity index is 1.99. The van der Waals surface area contributed by atoms with E-state index in [9.17, 15) is 9.18 Å². The largest absolute Gasteiger partial charge is 0.394 e. The van der Waals surface area contributed by atoms with Gasteiger partial charge in [-0.1, -0.05) is 18.2 Å². The van der Waals surface area contributed by atoms with Gasteiger partial charge in [0.15, 0.2) is 0 Å². The Morgan fingerprint density at radius 3 is 2.57 bits per heavy atom. The molecule has 2 aromatic rings. The lowest BCUT2D eigenvalue weighted by Gasteiger charge is -2.06. The molecule has 0 fully saturated rings. The van der Waals surface area contributed by atoms with Gasteiger partial charge in [-0.05, 0) is 41.8 Å². The van der Waals surface area contributed by atoms with Gasteiger partial charge in [-0.3, -0.25) is 9.79 Å². The molecule has 118 valence electrons. The predicted octanol–water partition coefficient (Wildman–Crippen LogP) is 2.29. The number of carbonyl (C=O) groups excluding carboxylic acids is 1. The molecule has 1 aromatic heterocycles. The number of allylic oxidation sites excluding steroid dienone is 1. The third-order valence-corrected chi connectivity index (χ3v) is 3.05. The molecule has 6 heteroatoms. The van der Waals surface area contributed by atoms with Crippen LogP contribution in [0.2, 0.25) is 0 Å². The summed E-state index contributed by atoms with van der Waals surface area (Å²) >= 11 is 0. The zero-order valence-corrected chi connectivity index (χ0v) is 12.7. The van der Waals surface area contributed by atoms with E-state index >= 15 is 0 Å². The van der Waals surface area contributed by atoms with Crippen LogP contribution in [-0.4, -0.2) is 24.2 Å². The molecular formula is C17H17FN4O. The molecule has 1 amide bonds. The van der Waals surface area contributed by atoms with Crippen molar-refractivity contribution in [1.82, 2.24) is 4.98 Å². The second-order valence-electron chi connectivity index (χ2n) is 4.84. The SMILES string of the molecule is CN=CC=C(N)C(=O)Nc1ccc(Cc2ccc(F)cc2)cn1. The molecule has 0 aliphatic carbocycles. The van der Waals surface area contributed by atoms with Gasteiger partial charge in [-0.2, -0.15) is 0 Å². The van der Waals surface area contributed by atoms with Crippen molar-refractivity contribution in [2.45, 2.75) is 6.42 Å². The Morgan fingerprint density at radius 2 is 1.96 bits per heavy atom. The molecular weight excluding hydrogens is 295 g/mol. The van der Waals surface area contributed by atoms with Gasteiger partial charge in [0.1, 0.15) is 11.6 Å². The molecule has 0 radical (unpaired) electrons. The van der Waals surface area contributed by atoms with Gasteiger partial charge in [-0.25, -0.2) is 9.37 Å². The molecule has 0 atom stereocenters. The predicted molar refractivity (Wildman–Crippen MR) is 88.8 cm³/mol. The number of pyridine rings is 1. The number of hydrogen-bond donors (Lipinski definition) is 2. The summed E-state index contributed by atoms with van der Waals surface area (Å²) in [6.07, 6.45) is 5.15. The van der Waals surface area contributed by atoms with Crippen molar-refractivity contribution in [3.8, 4) is 0 Å². The van der Waals surface area contributed by atoms with Crippen LogP contribution in [0.4, 0.5) is 10.2 Å². The van der Waals surface area contributed by atoms with Crippen LogP contribution in [0.5, 0.6) is 0 Å². The topological polar surface area (TPSA) is 80.4 Å². The number of carbonyl (C=O) groups is 1. The molecule has 0 saturated heterocycles. The lowest BCUT2D eigenvalue weighted by atomic mass is 10.1. The highest BCUT2D eigenvalue weighted by Gasteiger charge is 2.06. The van der Waals surface area contributed by atoms with Crippen molar-refractivity contribution in [3.63, 3.8) is 0 Å². The molecule has 5 nitrogen and oxygen atoms in total. The summed E-state index contributed by atoms with van der Waals surface area (Å²) in [5, 5.41) is 2.59. The van der Waals surface area contributed by atoms with Crippen LogP contribution in [-0.2, 0) is 11.2 Å². The summed E-state index contributed by atoms with van der Waals surface area (Å²) in [5.41, 5.74) is 7.58. The van der Waals surface area contributed by atoms with Crippen LogP contribution in [0.3, 0.4) is 0 Å². The van der Waals surface area contributed by atoms with Crippen LogP contribution in [0, 0.1) is 5.82 Å². The van der Waals surface area contributed by atoms with E-state index in [0.29, 0.717) is 12.2 Å². The molecule has 0 aliphatic heterocycles. The van der Waals surface area contributed by atoms with Gasteiger partial charge in [0.2, 0.25) is 0 Å². The van der Waals surface area contributed by atoms with Gasteiger partial charge < -0.3 is 11.1 Å². The van der Waals surface area contributed by atoms with Crippen molar-refractivity contribution < 1.29 is 9.18 Å². The average molecular weight is 312 g/mol. The van der Waals surface area contributed by atoms with Crippen LogP contribution in [0.1, 0.15) is 11.1 Å². The maximum atomic E-state index is 12.9. The third kappa shape index (κ3) is 5.03. The van der Waals surface area contributed by atoms with Crippen molar-refractivity contribution in [2.75, 3.05) is 12.4 Å². The van der Waals surface area contributed by atoms with Crippen molar-refractivity contribution in [2.24, 2.45) is 10.7 Å². The molecule has 3 N–H and O–H groups in total. The summed E-state index contributed by atoms with van der Waals surface area (Å²) in [6, 6.07) is 9.84. The summed E-state index contributed by atoms with van der Waals surface area (Å²) in [5.74, 6) is -0.296. The fourth-order valence-corrected chi connectivity index (χ4v) is 1.86. The number of nitrogens with zero attached hydrogens (tertiary/aromatic N) is 2. The summed E-state index contributed by atoms with van der Waals surface area (Å²) in [6.45, 7) is 0. The van der Waals surface area contributed by atoms with E-state index in [1.54, 1.807) is 31.4 Å². The molecule has 0 saturated carbocycles. The Kier molecular flexibility index (Phi) is 5.57. The number of halogens is 1. The minimum absolute atomic E-state index is 0.0489. The number of rotatable bonds is 5. The first-order valence-corrected chi connectivity index (χ1v) is 6.97. The first kappa shape index (κ1) is 16.4. The van der Waals surface area contributed by atoms with E-state index in [1.165, 1.54) is 24.4 Å². The normalized spacial score (nSPS) is 11.7. The zero-order valence-electron chi connectivity index (χ0n) is 12.7. The second-order valence-corrected chi connectivity index (χ2v) is 4.84. The highest BCUT2D eigenvalue weighted by Crippen LogP contribution is 2.12. The first-order chi connectivity index (χ1) is 11.1. The molecule has 0 unspecified atom stereocenters. The Bertz CT molecular complexity index is 721. The smallest absolute Gasteiger partial charge is 0.272 e. The standard InChI is InChI=1S/C17H17FN4O/c1-20-9-8-15(19)17(23)22-16-7-4-13(11-21-16)10-12-2-5-14(18)6-3-12/h2-9,11H,10,19H2,1H3,(H,21,22,23). The molecule has 2 rings (SSSR count). The molecule has 23 heavy (non-hydrogen) atoms. The van der Waals surface area contributed by atoms with E-state index in [0.717, 1.165) is 11.1 Å². The minimum Gasteiger partial charge on any atom is -0.394 e. The maximum Gasteiger partial charge on any atom is 0.272 e. The summed E-state index contributed by atoms with van der Waals surface area (Å²) < 4.78 is 12.9. The van der Waals surface area contributed by atoms with E-state index in [1.807, 2.05) is 6.07 Å². The fourth-order valence-electron chi connectivity index (χ4n) is 1.86. The van der Waals surface area contributed by atoms with Gasteiger partial charge in [0.25, 0.3) is 5.91 Å². The molecule has 1 aromatic carbocycles. The summed E-state index contributed by atoms with van der Waals surface area (Å²) in [7, 11) is 1.59. The van der Waals surface area contributed by atoms with Gasteiger partial charge in [0, 0.05) is 19.5 Å². The monoisotopic (exact) mass is 312 g/mol. The van der Waals surface area contributed by atoms with E-state index in [-0.39, 0.29) is 11.5 Å². The van der Waals surface area contributed by atoms with Crippen LogP contribution < -0.4 is 11.1 Å². The second kappa shape index (κ2) is 7.84. The maximum absolute atomic E-state index is 12.9. The Labute approximate surface area is 133 Å². The van der Waals surface area contributed by atoms with Gasteiger partial charge >= 0.3 is 0 Å². The molecule has 0 spiro atoms. The first-order valence-electron chi connectivity index (χ1n) is 6.97. The molecule has 0 aliphatic rings. The average Bonchev–Trinajstić information content (AvgIpc) is 2.56. The van der Waals surface area contributed by atoms with Crippen molar-refractivity contribution in [1.29, 1.82) is 0 Å². The number of anilines is 1. The number of benzene rings is 1. The zero-order chi connectivity index (χ0) is 16.7. The van der Waals surface area contributed by atoms with E-state index in [2.05, 4.69) is 15.3 Å². The van der Waals surface area contributed by atoms with E-state index in [4.69, 9.17) is 5.73 Å². The molecule has 1 heterocycles. The van der Waals surface area contributed by atoms with Gasteiger partial charge in [-0.15, -0.1) is 0 Å². The Morgan fingerprint density at radius 1 is 1.26 bits per heavy atom. The third-order valence-electron chi connectivity index (χ3n) is 3.05. The molecule has 0 bridgehead atoms. The lowest BCUT2D eigenvalue weighted by molar-refractivity contribution is -0.112. The number of amides is 1. The van der Waals surface area contributed by atoms with Crippen molar-refractivity contribution in [3.05, 3.63) is 71.3 Å². The Hall–Kier alpha value is -3.02. The number of aliphatic imine (C=N–C) groups is 1. The number of nitrogens with two attached hydrogens (primary N) is 1. The van der Waals surface area contributed by atoms with Crippen LogP contribution in [0.15, 0.2) is 59.4 Å². The van der Waals surface area contributed by atoms with Crippen LogP contribution in [0.25, 0.3) is 0 Å². The highest BCUT2D eigenvalue weighted by atomic mass is 19.1. The van der Waals surface area contributed by atoms with Crippen molar-refractivity contribution >= 4 is 17.9 Å².